The van der Waals surface area contributed by atoms with E-state index in [1.54, 1.807) is 0 Å². The number of rotatable bonds is 6. The van der Waals surface area contributed by atoms with Crippen LogP contribution < -0.4 is 0 Å². The molecule has 0 fully saturated rings. The van der Waals surface area contributed by atoms with Crippen molar-refractivity contribution in [2.75, 3.05) is 0 Å². The lowest BCUT2D eigenvalue weighted by Crippen LogP contribution is -2.02. The van der Waals surface area contributed by atoms with E-state index in [-0.39, 0.29) is 0 Å². The SMILES string of the molecule is Cn1c(/C(=C\c2ccccc2)c2ccccc2)ccc1/C(=C\c1ccccc1)c1ccccc1. The number of hydrogen-bond acceptors (Lipinski definition) is 0. The Kier molecular flexibility index (Phi) is 6.36. The van der Waals surface area contributed by atoms with E-state index in [1.807, 2.05) is 0 Å². The van der Waals surface area contributed by atoms with Crippen LogP contribution in [0.5, 0.6) is 0 Å². The average molecular weight is 438 g/mol. The first-order valence-corrected chi connectivity index (χ1v) is 11.6. The van der Waals surface area contributed by atoms with E-state index >= 15 is 0 Å². The molecule has 0 saturated carbocycles. The highest BCUT2D eigenvalue weighted by Crippen LogP contribution is 2.32. The summed E-state index contributed by atoms with van der Waals surface area (Å²) >= 11 is 0. The van der Waals surface area contributed by atoms with Gasteiger partial charge in [0.2, 0.25) is 0 Å². The molecule has 1 heterocycles. The van der Waals surface area contributed by atoms with E-state index in [9.17, 15) is 0 Å². The molecule has 0 spiro atoms. The van der Waals surface area contributed by atoms with Crippen molar-refractivity contribution >= 4 is 23.3 Å². The van der Waals surface area contributed by atoms with Crippen molar-refractivity contribution < 1.29 is 0 Å². The highest BCUT2D eigenvalue weighted by atomic mass is 15.0. The van der Waals surface area contributed by atoms with Gasteiger partial charge in [-0.05, 0) is 46.5 Å². The maximum atomic E-state index is 2.31. The predicted molar refractivity (Wildman–Crippen MR) is 145 cm³/mol. The van der Waals surface area contributed by atoms with Gasteiger partial charge in [-0.2, -0.15) is 0 Å². The van der Waals surface area contributed by atoms with Gasteiger partial charge in [0, 0.05) is 29.6 Å². The third kappa shape index (κ3) is 4.69. The molecule has 4 aromatic carbocycles. The van der Waals surface area contributed by atoms with Crippen LogP contribution >= 0.6 is 0 Å². The molecule has 34 heavy (non-hydrogen) atoms. The summed E-state index contributed by atoms with van der Waals surface area (Å²) in [7, 11) is 2.16. The molecule has 5 aromatic rings. The molecule has 5 rings (SSSR count). The van der Waals surface area contributed by atoms with Crippen molar-refractivity contribution in [1.29, 1.82) is 0 Å². The second-order valence-electron chi connectivity index (χ2n) is 8.33. The minimum Gasteiger partial charge on any atom is -0.344 e. The Balaban J connectivity index is 1.67. The van der Waals surface area contributed by atoms with Crippen molar-refractivity contribution in [3.8, 4) is 0 Å². The second-order valence-corrected chi connectivity index (χ2v) is 8.33. The molecule has 1 aromatic heterocycles. The quantitative estimate of drug-likeness (QED) is 0.236. The summed E-state index contributed by atoms with van der Waals surface area (Å²) in [5.41, 5.74) is 9.54. The molecule has 0 bridgehead atoms. The number of aromatic nitrogens is 1. The maximum Gasteiger partial charge on any atom is 0.0488 e. The van der Waals surface area contributed by atoms with Gasteiger partial charge in [-0.1, -0.05) is 121 Å². The van der Waals surface area contributed by atoms with Gasteiger partial charge in [0.1, 0.15) is 0 Å². The first kappa shape index (κ1) is 21.5. The van der Waals surface area contributed by atoms with Crippen molar-refractivity contribution in [2.45, 2.75) is 0 Å². The molecule has 0 unspecified atom stereocenters. The molecule has 1 heteroatoms. The van der Waals surface area contributed by atoms with Crippen LogP contribution in [0.1, 0.15) is 33.6 Å². The Morgan fingerprint density at radius 3 is 1.12 bits per heavy atom. The first-order valence-electron chi connectivity index (χ1n) is 11.6. The Morgan fingerprint density at radius 2 is 0.765 bits per heavy atom. The monoisotopic (exact) mass is 437 g/mol. The van der Waals surface area contributed by atoms with E-state index in [0.717, 1.165) is 0 Å². The molecule has 0 aliphatic rings. The lowest BCUT2D eigenvalue weighted by atomic mass is 9.99. The van der Waals surface area contributed by atoms with Gasteiger partial charge in [-0.15, -0.1) is 0 Å². The molecule has 0 atom stereocenters. The van der Waals surface area contributed by atoms with E-state index in [2.05, 4.69) is 157 Å². The van der Waals surface area contributed by atoms with E-state index in [1.165, 1.54) is 44.8 Å². The highest BCUT2D eigenvalue weighted by molar-refractivity contribution is 5.94. The van der Waals surface area contributed by atoms with Crippen molar-refractivity contribution in [1.82, 2.24) is 4.57 Å². The third-order valence-corrected chi connectivity index (χ3v) is 6.06. The van der Waals surface area contributed by atoms with Crippen molar-refractivity contribution in [3.05, 3.63) is 167 Å². The minimum atomic E-state index is 1.18. The Bertz CT molecular complexity index is 1300. The molecule has 0 amide bonds. The molecule has 0 N–H and O–H groups in total. The van der Waals surface area contributed by atoms with Crippen molar-refractivity contribution in [3.63, 3.8) is 0 Å². The summed E-state index contributed by atoms with van der Waals surface area (Å²) in [6.07, 6.45) is 4.55. The molecule has 0 radical (unpaired) electrons. The Morgan fingerprint density at radius 1 is 0.441 bits per heavy atom. The van der Waals surface area contributed by atoms with Crippen LogP contribution in [0.2, 0.25) is 0 Å². The topological polar surface area (TPSA) is 4.93 Å². The van der Waals surface area contributed by atoms with E-state index in [4.69, 9.17) is 0 Å². The summed E-state index contributed by atoms with van der Waals surface area (Å²) in [4.78, 5) is 0. The molecule has 0 aliphatic heterocycles. The summed E-state index contributed by atoms with van der Waals surface area (Å²) in [6, 6.07) is 46.8. The van der Waals surface area contributed by atoms with Crippen LogP contribution in [-0.4, -0.2) is 4.57 Å². The average Bonchev–Trinajstić information content (AvgIpc) is 3.28. The molecule has 0 saturated heterocycles. The molecular formula is C33H27N. The zero-order chi connectivity index (χ0) is 23.2. The van der Waals surface area contributed by atoms with Gasteiger partial charge in [0.15, 0.2) is 0 Å². The molecular weight excluding hydrogens is 410 g/mol. The largest absolute Gasteiger partial charge is 0.344 e. The van der Waals surface area contributed by atoms with Crippen LogP contribution in [0.3, 0.4) is 0 Å². The van der Waals surface area contributed by atoms with Crippen LogP contribution in [0.15, 0.2) is 133 Å². The summed E-state index contributed by atoms with van der Waals surface area (Å²) in [5, 5.41) is 0. The van der Waals surface area contributed by atoms with Crippen LogP contribution in [0.25, 0.3) is 23.3 Å². The zero-order valence-electron chi connectivity index (χ0n) is 19.3. The fraction of sp³-hybridized carbons (Fsp3) is 0.0303. The first-order chi connectivity index (χ1) is 16.8. The Hall–Kier alpha value is -4.36. The van der Waals surface area contributed by atoms with Gasteiger partial charge in [0.25, 0.3) is 0 Å². The summed E-state index contributed by atoms with van der Waals surface area (Å²) in [5.74, 6) is 0. The van der Waals surface area contributed by atoms with Gasteiger partial charge >= 0.3 is 0 Å². The summed E-state index contributed by atoms with van der Waals surface area (Å²) in [6.45, 7) is 0. The van der Waals surface area contributed by atoms with E-state index < -0.39 is 0 Å². The van der Waals surface area contributed by atoms with Crippen LogP contribution in [0.4, 0.5) is 0 Å². The normalized spacial score (nSPS) is 12.0. The van der Waals surface area contributed by atoms with Crippen molar-refractivity contribution in [2.24, 2.45) is 7.05 Å². The number of nitrogens with zero attached hydrogens (tertiary/aromatic N) is 1. The minimum absolute atomic E-state index is 1.18. The number of hydrogen-bond donors (Lipinski definition) is 0. The molecule has 164 valence electrons. The van der Waals surface area contributed by atoms with E-state index in [0.29, 0.717) is 0 Å². The van der Waals surface area contributed by atoms with Gasteiger partial charge in [0.05, 0.1) is 0 Å². The fourth-order valence-electron chi connectivity index (χ4n) is 4.33. The highest BCUT2D eigenvalue weighted by Gasteiger charge is 2.15. The molecule has 0 aliphatic carbocycles. The smallest absolute Gasteiger partial charge is 0.0488 e. The van der Waals surface area contributed by atoms with Crippen LogP contribution in [0, 0.1) is 0 Å². The standard InChI is InChI=1S/C33H27N/c1-34-32(30(28-18-10-4-11-19-28)24-26-14-6-2-7-15-26)22-23-33(34)31(29-20-12-5-13-21-29)25-27-16-8-3-9-17-27/h2-25H,1H3/b30-24-,31-25-. The third-order valence-electron chi connectivity index (χ3n) is 6.06. The summed E-state index contributed by atoms with van der Waals surface area (Å²) < 4.78 is 2.31. The lowest BCUT2D eigenvalue weighted by Gasteiger charge is -2.15. The lowest BCUT2D eigenvalue weighted by molar-refractivity contribution is 0.893. The zero-order valence-corrected chi connectivity index (χ0v) is 19.3. The predicted octanol–water partition coefficient (Wildman–Crippen LogP) is 8.20. The van der Waals surface area contributed by atoms with Gasteiger partial charge in [-0.3, -0.25) is 0 Å². The van der Waals surface area contributed by atoms with Crippen LogP contribution in [-0.2, 0) is 7.05 Å². The number of benzene rings is 4. The fourth-order valence-corrected chi connectivity index (χ4v) is 4.33. The van der Waals surface area contributed by atoms with Gasteiger partial charge in [-0.25, -0.2) is 0 Å². The second kappa shape index (κ2) is 10.1. The molecule has 1 nitrogen and oxygen atoms in total. The van der Waals surface area contributed by atoms with Gasteiger partial charge < -0.3 is 4.57 Å². The Labute approximate surface area is 202 Å². The maximum absolute atomic E-state index is 2.31.